The number of rotatable bonds is 7. The Kier molecular flexibility index (Phi) is 6.22. The molecule has 0 atom stereocenters. The Bertz CT molecular complexity index is 1140. The minimum atomic E-state index is -0.444. The van der Waals surface area contributed by atoms with Crippen molar-refractivity contribution in [3.8, 4) is 17.6 Å². The summed E-state index contributed by atoms with van der Waals surface area (Å²) in [7, 11) is 0. The first kappa shape index (κ1) is 19.6. The zero-order chi connectivity index (χ0) is 20.6. The molecule has 8 nitrogen and oxygen atoms in total. The van der Waals surface area contributed by atoms with Crippen LogP contribution in [0.5, 0.6) is 11.5 Å². The maximum Gasteiger partial charge on any atom is 0.336 e. The van der Waals surface area contributed by atoms with E-state index in [1.54, 1.807) is 42.5 Å². The molecule has 0 spiro atoms. The summed E-state index contributed by atoms with van der Waals surface area (Å²) in [5, 5.41) is 13.1. The van der Waals surface area contributed by atoms with E-state index in [1.807, 2.05) is 13.0 Å². The molecule has 0 aliphatic rings. The average molecular weight is 391 g/mol. The molecular formula is C21H17N3O5. The lowest BCUT2D eigenvalue weighted by atomic mass is 10.1. The van der Waals surface area contributed by atoms with Crippen LogP contribution < -0.4 is 20.5 Å². The van der Waals surface area contributed by atoms with Gasteiger partial charge in [-0.15, -0.1) is 0 Å². The lowest BCUT2D eigenvalue weighted by Crippen LogP contribution is -2.24. The van der Waals surface area contributed by atoms with Gasteiger partial charge >= 0.3 is 5.63 Å². The van der Waals surface area contributed by atoms with Gasteiger partial charge in [-0.25, -0.2) is 10.2 Å². The number of fused-ring (bicyclic) bond motifs is 1. The van der Waals surface area contributed by atoms with Crippen molar-refractivity contribution in [2.75, 3.05) is 13.2 Å². The molecule has 0 saturated heterocycles. The number of aryl methyl sites for hydroxylation is 1. The second kappa shape index (κ2) is 9.19. The third-order valence-electron chi connectivity index (χ3n) is 3.88. The SMILES string of the molecule is Cc1cc(=O)oc2cc(OCC(=O)N/N=C\c3ccc(OCC#N)cc3)ccc12. The highest BCUT2D eigenvalue weighted by Gasteiger charge is 2.06. The van der Waals surface area contributed by atoms with Gasteiger partial charge in [0.25, 0.3) is 5.91 Å². The maximum atomic E-state index is 11.9. The summed E-state index contributed by atoms with van der Waals surface area (Å²) in [6, 6.07) is 15.2. The Morgan fingerprint density at radius 1 is 1.17 bits per heavy atom. The van der Waals surface area contributed by atoms with Gasteiger partial charge < -0.3 is 13.9 Å². The minimum Gasteiger partial charge on any atom is -0.484 e. The molecule has 0 saturated carbocycles. The van der Waals surface area contributed by atoms with Gasteiger partial charge in [-0.3, -0.25) is 4.79 Å². The first-order valence-electron chi connectivity index (χ1n) is 8.64. The fourth-order valence-electron chi connectivity index (χ4n) is 2.52. The molecule has 0 bridgehead atoms. The number of benzene rings is 2. The largest absolute Gasteiger partial charge is 0.484 e. The lowest BCUT2D eigenvalue weighted by Gasteiger charge is -2.06. The zero-order valence-electron chi connectivity index (χ0n) is 15.5. The van der Waals surface area contributed by atoms with Crippen molar-refractivity contribution >= 4 is 23.1 Å². The van der Waals surface area contributed by atoms with Crippen LogP contribution in [0.3, 0.4) is 0 Å². The molecule has 3 aromatic rings. The van der Waals surface area contributed by atoms with Gasteiger partial charge in [0, 0.05) is 17.5 Å². The van der Waals surface area contributed by atoms with Crippen molar-refractivity contribution in [3.63, 3.8) is 0 Å². The molecule has 1 amide bonds. The van der Waals surface area contributed by atoms with Gasteiger partial charge in [0.05, 0.1) is 6.21 Å². The van der Waals surface area contributed by atoms with E-state index in [1.165, 1.54) is 12.3 Å². The number of hydrogen-bond donors (Lipinski definition) is 1. The predicted octanol–water partition coefficient (Wildman–Crippen LogP) is 2.53. The molecule has 3 rings (SSSR count). The van der Waals surface area contributed by atoms with Crippen LogP contribution in [-0.4, -0.2) is 25.3 Å². The maximum absolute atomic E-state index is 11.9. The monoisotopic (exact) mass is 391 g/mol. The molecule has 29 heavy (non-hydrogen) atoms. The van der Waals surface area contributed by atoms with Crippen LogP contribution in [0.15, 0.2) is 62.8 Å². The van der Waals surface area contributed by atoms with Gasteiger partial charge in [-0.1, -0.05) is 0 Å². The molecule has 146 valence electrons. The van der Waals surface area contributed by atoms with E-state index in [0.717, 1.165) is 16.5 Å². The fraction of sp³-hybridized carbons (Fsp3) is 0.143. The number of nitrogens with zero attached hydrogens (tertiary/aromatic N) is 2. The Hall–Kier alpha value is -4.12. The van der Waals surface area contributed by atoms with Crippen LogP contribution in [0, 0.1) is 18.3 Å². The van der Waals surface area contributed by atoms with Crippen molar-refractivity contribution in [1.82, 2.24) is 5.43 Å². The number of ether oxygens (including phenoxy) is 2. The number of amides is 1. The smallest absolute Gasteiger partial charge is 0.336 e. The first-order valence-corrected chi connectivity index (χ1v) is 8.64. The van der Waals surface area contributed by atoms with E-state index in [9.17, 15) is 9.59 Å². The molecule has 0 fully saturated rings. The molecule has 8 heteroatoms. The van der Waals surface area contributed by atoms with Crippen LogP contribution in [0.4, 0.5) is 0 Å². The Balaban J connectivity index is 1.52. The van der Waals surface area contributed by atoms with Crippen molar-refractivity contribution in [1.29, 1.82) is 5.26 Å². The Morgan fingerprint density at radius 3 is 2.69 bits per heavy atom. The third-order valence-corrected chi connectivity index (χ3v) is 3.88. The van der Waals surface area contributed by atoms with E-state index in [4.69, 9.17) is 19.2 Å². The highest BCUT2D eigenvalue weighted by molar-refractivity contribution is 5.83. The minimum absolute atomic E-state index is 0.0214. The lowest BCUT2D eigenvalue weighted by molar-refractivity contribution is -0.123. The quantitative estimate of drug-likeness (QED) is 0.376. The standard InChI is InChI=1S/C21H17N3O5/c1-14-10-21(26)29-19-11-17(6-7-18(14)19)28-13-20(25)24-23-12-15-2-4-16(5-3-15)27-9-8-22/h2-7,10-12H,9,13H2,1H3,(H,24,25)/b23-12-. The van der Waals surface area contributed by atoms with Crippen molar-refractivity contribution < 1.29 is 18.7 Å². The first-order chi connectivity index (χ1) is 14.0. The topological polar surface area (TPSA) is 114 Å². The van der Waals surface area contributed by atoms with Crippen molar-refractivity contribution in [2.24, 2.45) is 5.10 Å². The zero-order valence-corrected chi connectivity index (χ0v) is 15.5. The van der Waals surface area contributed by atoms with E-state index >= 15 is 0 Å². The molecule has 0 aliphatic heterocycles. The molecule has 2 aromatic carbocycles. The fourth-order valence-corrected chi connectivity index (χ4v) is 2.52. The van der Waals surface area contributed by atoms with Gasteiger partial charge in [0.1, 0.15) is 23.2 Å². The van der Waals surface area contributed by atoms with Gasteiger partial charge in [-0.05, 0) is 54.4 Å². The van der Waals surface area contributed by atoms with Gasteiger partial charge in [-0.2, -0.15) is 10.4 Å². The summed E-state index contributed by atoms with van der Waals surface area (Å²) in [5.74, 6) is 0.530. The summed E-state index contributed by atoms with van der Waals surface area (Å²) in [5.41, 5.74) is 3.87. The second-order valence-electron chi connectivity index (χ2n) is 6.00. The predicted molar refractivity (Wildman–Crippen MR) is 106 cm³/mol. The average Bonchev–Trinajstić information content (AvgIpc) is 2.71. The summed E-state index contributed by atoms with van der Waals surface area (Å²) >= 11 is 0. The summed E-state index contributed by atoms with van der Waals surface area (Å²) in [6.45, 7) is 1.55. The number of nitrogens with one attached hydrogen (secondary N) is 1. The van der Waals surface area contributed by atoms with E-state index in [0.29, 0.717) is 17.1 Å². The highest BCUT2D eigenvalue weighted by atomic mass is 16.5. The Morgan fingerprint density at radius 2 is 1.93 bits per heavy atom. The summed E-state index contributed by atoms with van der Waals surface area (Å²) < 4.78 is 15.7. The molecule has 0 unspecified atom stereocenters. The van der Waals surface area contributed by atoms with Crippen LogP contribution in [-0.2, 0) is 4.79 Å². The number of hydrogen-bond acceptors (Lipinski definition) is 7. The normalized spacial score (nSPS) is 10.6. The molecule has 1 heterocycles. The molecule has 0 radical (unpaired) electrons. The molecular weight excluding hydrogens is 374 g/mol. The van der Waals surface area contributed by atoms with Gasteiger partial charge in [0.2, 0.25) is 0 Å². The second-order valence-corrected chi connectivity index (χ2v) is 6.00. The number of carbonyl (C=O) groups excluding carboxylic acids is 1. The van der Waals surface area contributed by atoms with Crippen LogP contribution in [0.25, 0.3) is 11.0 Å². The van der Waals surface area contributed by atoms with Crippen molar-refractivity contribution in [3.05, 3.63) is 70.1 Å². The van der Waals surface area contributed by atoms with E-state index in [-0.39, 0.29) is 13.2 Å². The Labute approximate surface area is 166 Å². The number of hydrazone groups is 1. The van der Waals surface area contributed by atoms with Crippen LogP contribution in [0.2, 0.25) is 0 Å². The molecule has 1 aromatic heterocycles. The van der Waals surface area contributed by atoms with Crippen LogP contribution in [0.1, 0.15) is 11.1 Å². The van der Waals surface area contributed by atoms with E-state index in [2.05, 4.69) is 10.5 Å². The molecule has 0 aliphatic carbocycles. The van der Waals surface area contributed by atoms with Crippen LogP contribution >= 0.6 is 0 Å². The van der Waals surface area contributed by atoms with Crippen molar-refractivity contribution in [2.45, 2.75) is 6.92 Å². The highest BCUT2D eigenvalue weighted by Crippen LogP contribution is 2.22. The number of carbonyl (C=O) groups is 1. The summed E-state index contributed by atoms with van der Waals surface area (Å²) in [6.07, 6.45) is 1.47. The number of nitriles is 1. The van der Waals surface area contributed by atoms with Gasteiger partial charge in [0.15, 0.2) is 13.2 Å². The van der Waals surface area contributed by atoms with E-state index < -0.39 is 11.5 Å². The summed E-state index contributed by atoms with van der Waals surface area (Å²) in [4.78, 5) is 23.4. The third kappa shape index (κ3) is 5.43. The molecule has 1 N–H and O–H groups in total.